The first-order chi connectivity index (χ1) is 11.7. The van der Waals surface area contributed by atoms with Gasteiger partial charge in [0.2, 0.25) is 11.8 Å². The zero-order valence-corrected chi connectivity index (χ0v) is 13.6. The average Bonchev–Trinajstić information content (AvgIpc) is 3.03. The number of aliphatic hydroxyl groups is 1. The highest BCUT2D eigenvalue weighted by Crippen LogP contribution is 2.24. The van der Waals surface area contributed by atoms with Crippen LogP contribution < -0.4 is 5.32 Å². The van der Waals surface area contributed by atoms with E-state index in [4.69, 9.17) is 4.52 Å². The maximum atomic E-state index is 12.1. The molecule has 6 heteroatoms. The van der Waals surface area contributed by atoms with E-state index in [0.717, 1.165) is 18.4 Å². The van der Waals surface area contributed by atoms with E-state index in [1.165, 1.54) is 0 Å². The van der Waals surface area contributed by atoms with Crippen molar-refractivity contribution in [3.63, 3.8) is 0 Å². The van der Waals surface area contributed by atoms with Gasteiger partial charge >= 0.3 is 0 Å². The van der Waals surface area contributed by atoms with Crippen LogP contribution in [0.25, 0.3) is 0 Å². The quantitative estimate of drug-likeness (QED) is 0.844. The number of nitrogens with zero attached hydrogens (tertiary/aromatic N) is 2. The standard InChI is InChI=1S/C18H23N3O3/c22-15-8-6-14(7-9-15)18(23)19-11-10-17-20-16(21-24-17)12-13-4-2-1-3-5-13/h1-5,14-15,22H,6-12H2,(H,19,23). The number of rotatable bonds is 6. The zero-order valence-electron chi connectivity index (χ0n) is 13.6. The average molecular weight is 329 g/mol. The highest BCUT2D eigenvalue weighted by Gasteiger charge is 2.24. The molecule has 1 saturated carbocycles. The van der Waals surface area contributed by atoms with Crippen molar-refractivity contribution in [3.05, 3.63) is 47.6 Å². The van der Waals surface area contributed by atoms with Crippen molar-refractivity contribution in [1.29, 1.82) is 0 Å². The Kier molecular flexibility index (Phi) is 5.59. The van der Waals surface area contributed by atoms with E-state index in [9.17, 15) is 9.90 Å². The number of hydrogen-bond donors (Lipinski definition) is 2. The molecule has 0 radical (unpaired) electrons. The van der Waals surface area contributed by atoms with Gasteiger partial charge in [0.1, 0.15) is 0 Å². The van der Waals surface area contributed by atoms with Crippen molar-refractivity contribution < 1.29 is 14.4 Å². The van der Waals surface area contributed by atoms with Gasteiger partial charge in [-0.25, -0.2) is 0 Å². The summed E-state index contributed by atoms with van der Waals surface area (Å²) in [5.74, 6) is 1.28. The maximum absolute atomic E-state index is 12.1. The van der Waals surface area contributed by atoms with Crippen LogP contribution in [0, 0.1) is 5.92 Å². The third kappa shape index (κ3) is 4.64. The molecule has 6 nitrogen and oxygen atoms in total. The fourth-order valence-corrected chi connectivity index (χ4v) is 3.02. The van der Waals surface area contributed by atoms with Gasteiger partial charge in [0.15, 0.2) is 5.82 Å². The van der Waals surface area contributed by atoms with E-state index >= 15 is 0 Å². The minimum atomic E-state index is -0.240. The number of aliphatic hydroxyl groups excluding tert-OH is 1. The van der Waals surface area contributed by atoms with Crippen molar-refractivity contribution in [1.82, 2.24) is 15.5 Å². The van der Waals surface area contributed by atoms with Crippen LogP contribution in [0.2, 0.25) is 0 Å². The van der Waals surface area contributed by atoms with E-state index in [1.54, 1.807) is 0 Å². The molecule has 0 bridgehead atoms. The highest BCUT2D eigenvalue weighted by molar-refractivity contribution is 5.78. The van der Waals surface area contributed by atoms with Crippen LogP contribution in [-0.4, -0.2) is 33.8 Å². The smallest absolute Gasteiger partial charge is 0.228 e. The molecular formula is C18H23N3O3. The van der Waals surface area contributed by atoms with Crippen molar-refractivity contribution in [3.8, 4) is 0 Å². The molecule has 2 N–H and O–H groups in total. The van der Waals surface area contributed by atoms with Gasteiger partial charge in [-0.3, -0.25) is 4.79 Å². The van der Waals surface area contributed by atoms with E-state index in [-0.39, 0.29) is 17.9 Å². The molecule has 0 unspecified atom stereocenters. The lowest BCUT2D eigenvalue weighted by Crippen LogP contribution is -2.35. The molecule has 3 rings (SSSR count). The predicted octanol–water partition coefficient (Wildman–Crippen LogP) is 1.87. The van der Waals surface area contributed by atoms with Crippen molar-refractivity contribution in [2.75, 3.05) is 6.54 Å². The largest absolute Gasteiger partial charge is 0.393 e. The van der Waals surface area contributed by atoms with Crippen LogP contribution in [-0.2, 0) is 17.6 Å². The first-order valence-corrected chi connectivity index (χ1v) is 8.52. The molecule has 1 aliphatic rings. The van der Waals surface area contributed by atoms with Crippen molar-refractivity contribution in [2.24, 2.45) is 5.92 Å². The third-order valence-electron chi connectivity index (χ3n) is 4.42. The Balaban J connectivity index is 1.41. The minimum Gasteiger partial charge on any atom is -0.393 e. The number of hydrogen-bond acceptors (Lipinski definition) is 5. The summed E-state index contributed by atoms with van der Waals surface area (Å²) >= 11 is 0. The van der Waals surface area contributed by atoms with Crippen LogP contribution in [0.15, 0.2) is 34.9 Å². The molecular weight excluding hydrogens is 306 g/mol. The molecule has 1 fully saturated rings. The third-order valence-corrected chi connectivity index (χ3v) is 4.42. The summed E-state index contributed by atoms with van der Waals surface area (Å²) in [6.45, 7) is 0.491. The van der Waals surface area contributed by atoms with Gasteiger partial charge in [-0.1, -0.05) is 35.5 Å². The van der Waals surface area contributed by atoms with Crippen molar-refractivity contribution in [2.45, 2.75) is 44.6 Å². The fourth-order valence-electron chi connectivity index (χ4n) is 3.02. The molecule has 1 amide bonds. The first-order valence-electron chi connectivity index (χ1n) is 8.52. The molecule has 1 aromatic carbocycles. The Morgan fingerprint density at radius 3 is 2.71 bits per heavy atom. The summed E-state index contributed by atoms with van der Waals surface area (Å²) in [5, 5.41) is 16.4. The molecule has 0 aliphatic heterocycles. The lowest BCUT2D eigenvalue weighted by atomic mass is 9.87. The lowest BCUT2D eigenvalue weighted by molar-refractivity contribution is -0.126. The number of benzene rings is 1. The zero-order chi connectivity index (χ0) is 16.8. The number of aromatic nitrogens is 2. The molecule has 24 heavy (non-hydrogen) atoms. The summed E-state index contributed by atoms with van der Waals surface area (Å²) in [5.41, 5.74) is 1.14. The van der Waals surface area contributed by atoms with Gasteiger partial charge in [0.05, 0.1) is 6.10 Å². The Bertz CT molecular complexity index is 649. The van der Waals surface area contributed by atoms with Crippen LogP contribution in [0.5, 0.6) is 0 Å². The second-order valence-corrected chi connectivity index (χ2v) is 6.31. The molecule has 1 aromatic heterocycles. The number of carbonyl (C=O) groups is 1. The molecule has 1 heterocycles. The molecule has 0 spiro atoms. The topological polar surface area (TPSA) is 88.3 Å². The maximum Gasteiger partial charge on any atom is 0.228 e. The lowest BCUT2D eigenvalue weighted by Gasteiger charge is -2.24. The van der Waals surface area contributed by atoms with Crippen molar-refractivity contribution >= 4 is 5.91 Å². The molecule has 0 atom stereocenters. The monoisotopic (exact) mass is 329 g/mol. The summed E-state index contributed by atoms with van der Waals surface area (Å²) in [6.07, 6.45) is 3.87. The second-order valence-electron chi connectivity index (χ2n) is 6.31. The Morgan fingerprint density at radius 2 is 1.96 bits per heavy atom. The minimum absolute atomic E-state index is 0.0183. The van der Waals surface area contributed by atoms with Crippen LogP contribution in [0.4, 0.5) is 0 Å². The first kappa shape index (κ1) is 16.6. The fraction of sp³-hybridized carbons (Fsp3) is 0.500. The summed E-state index contributed by atoms with van der Waals surface area (Å²) in [6, 6.07) is 9.99. The second kappa shape index (κ2) is 8.06. The summed E-state index contributed by atoms with van der Waals surface area (Å²) < 4.78 is 5.23. The van der Waals surface area contributed by atoms with Crippen LogP contribution in [0.3, 0.4) is 0 Å². The Labute approximate surface area is 141 Å². The summed E-state index contributed by atoms with van der Waals surface area (Å²) in [4.78, 5) is 16.4. The van der Waals surface area contributed by atoms with Crippen LogP contribution in [0.1, 0.15) is 43.0 Å². The summed E-state index contributed by atoms with van der Waals surface area (Å²) in [7, 11) is 0. The molecule has 2 aromatic rings. The number of amides is 1. The Hall–Kier alpha value is -2.21. The SMILES string of the molecule is O=C(NCCc1nc(Cc2ccccc2)no1)C1CCC(O)CC1. The normalized spacial score (nSPS) is 20.7. The van der Waals surface area contributed by atoms with E-state index in [1.807, 2.05) is 30.3 Å². The van der Waals surface area contributed by atoms with Gasteiger partial charge in [-0.05, 0) is 31.2 Å². The van der Waals surface area contributed by atoms with E-state index in [2.05, 4.69) is 15.5 Å². The van der Waals surface area contributed by atoms with Gasteiger partial charge in [-0.15, -0.1) is 0 Å². The van der Waals surface area contributed by atoms with Gasteiger partial charge in [0, 0.05) is 25.3 Å². The van der Waals surface area contributed by atoms with Gasteiger partial charge in [-0.2, -0.15) is 4.98 Å². The van der Waals surface area contributed by atoms with Gasteiger partial charge < -0.3 is 14.9 Å². The highest BCUT2D eigenvalue weighted by atomic mass is 16.5. The van der Waals surface area contributed by atoms with E-state index in [0.29, 0.717) is 43.9 Å². The van der Waals surface area contributed by atoms with E-state index < -0.39 is 0 Å². The molecule has 0 saturated heterocycles. The number of carbonyl (C=O) groups excluding carboxylic acids is 1. The predicted molar refractivity (Wildman–Crippen MR) is 88.2 cm³/mol. The molecule has 128 valence electrons. The Morgan fingerprint density at radius 1 is 1.21 bits per heavy atom. The molecule has 1 aliphatic carbocycles. The van der Waals surface area contributed by atoms with Gasteiger partial charge in [0.25, 0.3) is 0 Å². The van der Waals surface area contributed by atoms with Crippen LogP contribution >= 0.6 is 0 Å². The number of nitrogens with one attached hydrogen (secondary N) is 1.